The molecule has 0 aliphatic heterocycles. The fraction of sp³-hybridized carbons (Fsp3) is 0.450. The van der Waals surface area contributed by atoms with Crippen LogP contribution in [0.3, 0.4) is 0 Å². The zero-order valence-corrected chi connectivity index (χ0v) is 16.5. The molecule has 146 valence electrons. The van der Waals surface area contributed by atoms with Gasteiger partial charge in [0.2, 0.25) is 5.91 Å². The molecule has 2 rings (SSSR count). The molecule has 1 heterocycles. The van der Waals surface area contributed by atoms with Gasteiger partial charge in [-0.15, -0.1) is 0 Å². The van der Waals surface area contributed by atoms with Crippen LogP contribution in [-0.2, 0) is 11.3 Å². The maximum absolute atomic E-state index is 12.1. The van der Waals surface area contributed by atoms with E-state index in [-0.39, 0.29) is 5.91 Å². The summed E-state index contributed by atoms with van der Waals surface area (Å²) in [7, 11) is 0. The molecule has 1 aromatic carbocycles. The lowest BCUT2D eigenvalue weighted by Gasteiger charge is -2.19. The summed E-state index contributed by atoms with van der Waals surface area (Å²) >= 11 is 0. The van der Waals surface area contributed by atoms with Crippen LogP contribution in [0.5, 0.6) is 0 Å². The lowest BCUT2D eigenvalue weighted by atomic mass is 10.2. The molecule has 0 saturated heterocycles. The van der Waals surface area contributed by atoms with Crippen LogP contribution in [0.25, 0.3) is 11.3 Å². The largest absolute Gasteiger partial charge is 0.357 e. The number of imidazole rings is 1. The van der Waals surface area contributed by atoms with Gasteiger partial charge in [0.25, 0.3) is 0 Å². The molecule has 2 aromatic rings. The van der Waals surface area contributed by atoms with E-state index in [0.717, 1.165) is 36.7 Å². The molecule has 27 heavy (non-hydrogen) atoms. The van der Waals surface area contributed by atoms with Crippen molar-refractivity contribution in [1.29, 1.82) is 0 Å². The van der Waals surface area contributed by atoms with Crippen LogP contribution in [0.4, 0.5) is 0 Å². The second-order valence-electron chi connectivity index (χ2n) is 6.05. The number of aliphatic imine (C=N–C) groups is 1. The molecule has 0 spiro atoms. The third-order valence-electron chi connectivity index (χ3n) is 4.19. The lowest BCUT2D eigenvalue weighted by molar-refractivity contribution is -0.130. The highest BCUT2D eigenvalue weighted by molar-refractivity contribution is 5.81. The number of rotatable bonds is 9. The van der Waals surface area contributed by atoms with Gasteiger partial charge in [-0.25, -0.2) is 9.98 Å². The molecule has 0 saturated carbocycles. The minimum absolute atomic E-state index is 0.155. The summed E-state index contributed by atoms with van der Waals surface area (Å²) in [6.07, 6.45) is 2.27. The molecular weight excluding hydrogens is 340 g/mol. The average Bonchev–Trinajstić information content (AvgIpc) is 3.17. The Kier molecular flexibility index (Phi) is 8.35. The van der Waals surface area contributed by atoms with Crippen molar-refractivity contribution in [3.63, 3.8) is 0 Å². The van der Waals surface area contributed by atoms with Gasteiger partial charge in [-0.1, -0.05) is 30.3 Å². The molecule has 0 bridgehead atoms. The summed E-state index contributed by atoms with van der Waals surface area (Å²) < 4.78 is 0. The normalized spacial score (nSPS) is 11.3. The van der Waals surface area contributed by atoms with Gasteiger partial charge in [-0.3, -0.25) is 4.79 Å². The van der Waals surface area contributed by atoms with E-state index in [9.17, 15) is 4.79 Å². The van der Waals surface area contributed by atoms with E-state index < -0.39 is 0 Å². The Bertz CT molecular complexity index is 721. The molecule has 0 fully saturated rings. The maximum Gasteiger partial charge on any atom is 0.224 e. The predicted molar refractivity (Wildman–Crippen MR) is 109 cm³/mol. The predicted octanol–water partition coefficient (Wildman–Crippen LogP) is 2.39. The summed E-state index contributed by atoms with van der Waals surface area (Å²) in [5.74, 6) is 1.63. The van der Waals surface area contributed by atoms with E-state index >= 15 is 0 Å². The van der Waals surface area contributed by atoms with Crippen LogP contribution < -0.4 is 10.6 Å². The minimum Gasteiger partial charge on any atom is -0.357 e. The molecule has 7 heteroatoms. The Morgan fingerprint density at radius 1 is 1.15 bits per heavy atom. The first kappa shape index (κ1) is 20.5. The number of aromatic amines is 1. The van der Waals surface area contributed by atoms with Crippen molar-refractivity contribution in [2.45, 2.75) is 33.7 Å². The van der Waals surface area contributed by atoms with Gasteiger partial charge < -0.3 is 20.5 Å². The number of hydrogen-bond donors (Lipinski definition) is 3. The third kappa shape index (κ3) is 6.44. The van der Waals surface area contributed by atoms with Gasteiger partial charge in [-0.2, -0.15) is 0 Å². The molecule has 3 N–H and O–H groups in total. The topological polar surface area (TPSA) is 85.4 Å². The third-order valence-corrected chi connectivity index (χ3v) is 4.19. The molecule has 1 amide bonds. The van der Waals surface area contributed by atoms with Gasteiger partial charge in [0, 0.05) is 32.6 Å². The number of carbonyl (C=O) groups excluding carboxylic acids is 1. The quantitative estimate of drug-likeness (QED) is 0.467. The van der Waals surface area contributed by atoms with Gasteiger partial charge in [0.1, 0.15) is 12.4 Å². The molecule has 0 atom stereocenters. The van der Waals surface area contributed by atoms with Gasteiger partial charge >= 0.3 is 0 Å². The molecule has 7 nitrogen and oxygen atoms in total. The molecule has 0 radical (unpaired) electrons. The first-order valence-corrected chi connectivity index (χ1v) is 9.57. The number of guanidine groups is 1. The van der Waals surface area contributed by atoms with Crippen LogP contribution in [-0.4, -0.2) is 52.9 Å². The first-order valence-electron chi connectivity index (χ1n) is 9.57. The molecule has 1 aromatic heterocycles. The summed E-state index contributed by atoms with van der Waals surface area (Å²) in [5.41, 5.74) is 2.07. The fourth-order valence-electron chi connectivity index (χ4n) is 2.73. The zero-order chi connectivity index (χ0) is 19.5. The smallest absolute Gasteiger partial charge is 0.224 e. The van der Waals surface area contributed by atoms with Crippen LogP contribution in [0.2, 0.25) is 0 Å². The van der Waals surface area contributed by atoms with Crippen molar-refractivity contribution < 1.29 is 4.79 Å². The fourth-order valence-corrected chi connectivity index (χ4v) is 2.73. The standard InChI is InChI=1S/C20H30N6O/c1-4-21-20(22-13-12-19(27)26(5-2)6-3)24-15-18-23-14-17(25-18)16-10-8-7-9-11-16/h7-11,14H,4-6,12-13,15H2,1-3H3,(H,23,25)(H2,21,22,24). The number of carbonyl (C=O) groups is 1. The van der Waals surface area contributed by atoms with Crippen LogP contribution in [0.15, 0.2) is 41.5 Å². The Hall–Kier alpha value is -2.83. The molecule has 0 aliphatic rings. The van der Waals surface area contributed by atoms with Crippen molar-refractivity contribution in [1.82, 2.24) is 25.5 Å². The van der Waals surface area contributed by atoms with Gasteiger partial charge in [0.15, 0.2) is 5.96 Å². The minimum atomic E-state index is 0.155. The molecular formula is C20H30N6O. The highest BCUT2D eigenvalue weighted by Gasteiger charge is 2.09. The van der Waals surface area contributed by atoms with Crippen LogP contribution in [0, 0.1) is 0 Å². The van der Waals surface area contributed by atoms with Crippen molar-refractivity contribution in [2.24, 2.45) is 4.99 Å². The van der Waals surface area contributed by atoms with E-state index in [0.29, 0.717) is 25.5 Å². The number of benzene rings is 1. The number of nitrogens with zero attached hydrogens (tertiary/aromatic N) is 3. The number of hydrogen-bond acceptors (Lipinski definition) is 3. The summed E-state index contributed by atoms with van der Waals surface area (Å²) in [6, 6.07) is 10.1. The lowest BCUT2D eigenvalue weighted by Crippen LogP contribution is -2.40. The van der Waals surface area contributed by atoms with Crippen molar-refractivity contribution >= 4 is 11.9 Å². The van der Waals surface area contributed by atoms with E-state index in [1.165, 1.54) is 0 Å². The van der Waals surface area contributed by atoms with Gasteiger partial charge in [-0.05, 0) is 26.3 Å². The Morgan fingerprint density at radius 2 is 1.89 bits per heavy atom. The average molecular weight is 371 g/mol. The monoisotopic (exact) mass is 370 g/mol. The van der Waals surface area contributed by atoms with Crippen LogP contribution in [0.1, 0.15) is 33.0 Å². The highest BCUT2D eigenvalue weighted by atomic mass is 16.2. The molecule has 0 unspecified atom stereocenters. The SMILES string of the molecule is CCNC(=NCc1ncc(-c2ccccc2)[nH]1)NCCC(=O)N(CC)CC. The van der Waals surface area contributed by atoms with E-state index in [1.807, 2.05) is 62.2 Å². The van der Waals surface area contributed by atoms with Crippen molar-refractivity contribution in [3.8, 4) is 11.3 Å². The second kappa shape index (κ2) is 11.0. The Balaban J connectivity index is 1.90. The number of aromatic nitrogens is 2. The summed E-state index contributed by atoms with van der Waals surface area (Å²) in [5, 5.41) is 6.41. The second-order valence-corrected chi connectivity index (χ2v) is 6.05. The summed E-state index contributed by atoms with van der Waals surface area (Å²) in [6.45, 7) is 9.22. The Morgan fingerprint density at radius 3 is 2.56 bits per heavy atom. The number of amides is 1. The van der Waals surface area contributed by atoms with Crippen molar-refractivity contribution in [2.75, 3.05) is 26.2 Å². The Labute approximate surface area is 161 Å². The van der Waals surface area contributed by atoms with Crippen molar-refractivity contribution in [3.05, 3.63) is 42.4 Å². The highest BCUT2D eigenvalue weighted by Crippen LogP contribution is 2.16. The molecule has 0 aliphatic carbocycles. The van der Waals surface area contributed by atoms with E-state index in [2.05, 4.69) is 25.6 Å². The summed E-state index contributed by atoms with van der Waals surface area (Å²) in [4.78, 5) is 26.2. The maximum atomic E-state index is 12.1. The number of H-pyrrole nitrogens is 1. The number of nitrogens with one attached hydrogen (secondary N) is 3. The first-order chi connectivity index (χ1) is 13.2. The zero-order valence-electron chi connectivity index (χ0n) is 16.5. The van der Waals surface area contributed by atoms with Crippen LogP contribution >= 0.6 is 0 Å². The van der Waals surface area contributed by atoms with Gasteiger partial charge in [0.05, 0.1) is 11.9 Å². The van der Waals surface area contributed by atoms with E-state index in [1.54, 1.807) is 0 Å². The van der Waals surface area contributed by atoms with E-state index in [4.69, 9.17) is 0 Å².